The molecular weight excluding hydrogens is 370 g/mol. The molecule has 0 aromatic heterocycles. The molecule has 2 rings (SSSR count). The van der Waals surface area contributed by atoms with Gasteiger partial charge in [0.25, 0.3) is 5.91 Å². The first-order chi connectivity index (χ1) is 10.5. The molecule has 0 fully saturated rings. The molecule has 0 bridgehead atoms. The minimum atomic E-state index is -0.274. The third-order valence-electron chi connectivity index (χ3n) is 3.11. The van der Waals surface area contributed by atoms with Crippen LogP contribution in [0.1, 0.15) is 15.9 Å². The Kier molecular flexibility index (Phi) is 5.32. The fourth-order valence-corrected chi connectivity index (χ4v) is 2.51. The van der Waals surface area contributed by atoms with Crippen LogP contribution in [0, 0.1) is 6.92 Å². The molecule has 116 valence electrons. The number of halogens is 2. The van der Waals surface area contributed by atoms with Crippen molar-refractivity contribution in [2.45, 2.75) is 6.92 Å². The van der Waals surface area contributed by atoms with E-state index < -0.39 is 0 Å². The van der Waals surface area contributed by atoms with Crippen LogP contribution in [0.5, 0.6) is 11.5 Å². The Hall–Kier alpha value is -1.72. The van der Waals surface area contributed by atoms with Crippen molar-refractivity contribution in [3.05, 3.63) is 51.0 Å². The van der Waals surface area contributed by atoms with E-state index >= 15 is 0 Å². The van der Waals surface area contributed by atoms with Crippen LogP contribution < -0.4 is 14.8 Å². The largest absolute Gasteiger partial charge is 0.493 e. The molecule has 0 aliphatic carbocycles. The monoisotopic (exact) mass is 383 g/mol. The molecule has 22 heavy (non-hydrogen) atoms. The second-order valence-corrected chi connectivity index (χ2v) is 5.87. The van der Waals surface area contributed by atoms with E-state index in [0.29, 0.717) is 27.8 Å². The van der Waals surface area contributed by atoms with Crippen LogP contribution >= 0.6 is 27.5 Å². The average molecular weight is 385 g/mol. The van der Waals surface area contributed by atoms with Gasteiger partial charge in [0.1, 0.15) is 0 Å². The van der Waals surface area contributed by atoms with Gasteiger partial charge in [0, 0.05) is 15.7 Å². The third-order valence-corrected chi connectivity index (χ3v) is 4.28. The number of carbonyl (C=O) groups is 1. The van der Waals surface area contributed by atoms with E-state index in [1.54, 1.807) is 12.1 Å². The number of hydrogen-bond acceptors (Lipinski definition) is 3. The summed E-state index contributed by atoms with van der Waals surface area (Å²) >= 11 is 9.54. The summed E-state index contributed by atoms with van der Waals surface area (Å²) in [5.74, 6) is 0.539. The molecule has 0 radical (unpaired) electrons. The Balaban J connectivity index is 2.29. The van der Waals surface area contributed by atoms with Gasteiger partial charge in [-0.1, -0.05) is 27.5 Å². The predicted molar refractivity (Wildman–Crippen MR) is 91.4 cm³/mol. The van der Waals surface area contributed by atoms with Gasteiger partial charge < -0.3 is 14.8 Å². The number of amides is 1. The molecule has 0 aliphatic rings. The SMILES string of the molecule is COc1cc(C(=O)Nc2ccc(Br)c(C)c2)cc(Cl)c1OC. The number of nitrogens with one attached hydrogen (secondary N) is 1. The molecule has 6 heteroatoms. The lowest BCUT2D eigenvalue weighted by Crippen LogP contribution is -2.12. The van der Waals surface area contributed by atoms with Gasteiger partial charge in [-0.15, -0.1) is 0 Å². The molecule has 0 unspecified atom stereocenters. The Morgan fingerprint density at radius 1 is 1.18 bits per heavy atom. The van der Waals surface area contributed by atoms with Crippen molar-refractivity contribution >= 4 is 39.1 Å². The van der Waals surface area contributed by atoms with Crippen LogP contribution in [0.3, 0.4) is 0 Å². The predicted octanol–water partition coefficient (Wildman–Crippen LogP) is 4.68. The lowest BCUT2D eigenvalue weighted by molar-refractivity contribution is 0.102. The van der Waals surface area contributed by atoms with Crippen LogP contribution in [0.25, 0.3) is 0 Å². The van der Waals surface area contributed by atoms with Crippen LogP contribution in [-0.4, -0.2) is 20.1 Å². The summed E-state index contributed by atoms with van der Waals surface area (Å²) in [6.07, 6.45) is 0. The molecule has 0 heterocycles. The van der Waals surface area contributed by atoms with Crippen molar-refractivity contribution in [3.63, 3.8) is 0 Å². The van der Waals surface area contributed by atoms with Gasteiger partial charge in [-0.2, -0.15) is 0 Å². The Labute approximate surface area is 142 Å². The number of ether oxygens (including phenoxy) is 2. The zero-order valence-electron chi connectivity index (χ0n) is 12.4. The second kappa shape index (κ2) is 7.03. The topological polar surface area (TPSA) is 47.6 Å². The maximum absolute atomic E-state index is 12.4. The Morgan fingerprint density at radius 3 is 2.50 bits per heavy atom. The number of aryl methyl sites for hydroxylation is 1. The minimum Gasteiger partial charge on any atom is -0.493 e. The maximum Gasteiger partial charge on any atom is 0.255 e. The first-order valence-corrected chi connectivity index (χ1v) is 7.62. The van der Waals surface area contributed by atoms with Crippen molar-refractivity contribution < 1.29 is 14.3 Å². The number of benzene rings is 2. The van der Waals surface area contributed by atoms with E-state index in [-0.39, 0.29) is 5.91 Å². The highest BCUT2D eigenvalue weighted by molar-refractivity contribution is 9.10. The van der Waals surface area contributed by atoms with Crippen molar-refractivity contribution in [2.75, 3.05) is 19.5 Å². The van der Waals surface area contributed by atoms with Gasteiger partial charge in [-0.25, -0.2) is 0 Å². The quantitative estimate of drug-likeness (QED) is 0.832. The fraction of sp³-hybridized carbons (Fsp3) is 0.188. The van der Waals surface area contributed by atoms with Gasteiger partial charge >= 0.3 is 0 Å². The van der Waals surface area contributed by atoms with Crippen LogP contribution in [0.4, 0.5) is 5.69 Å². The summed E-state index contributed by atoms with van der Waals surface area (Å²) in [5.41, 5.74) is 2.13. The molecule has 0 aliphatic heterocycles. The van der Waals surface area contributed by atoms with Crippen molar-refractivity contribution in [3.8, 4) is 11.5 Å². The molecule has 1 N–H and O–H groups in total. The summed E-state index contributed by atoms with van der Waals surface area (Å²) in [6, 6.07) is 8.71. The highest BCUT2D eigenvalue weighted by atomic mass is 79.9. The number of hydrogen-bond donors (Lipinski definition) is 1. The van der Waals surface area contributed by atoms with Gasteiger partial charge in [0.2, 0.25) is 0 Å². The highest BCUT2D eigenvalue weighted by Gasteiger charge is 2.15. The molecule has 2 aromatic carbocycles. The van der Waals surface area contributed by atoms with E-state index in [2.05, 4.69) is 21.2 Å². The maximum atomic E-state index is 12.4. The normalized spacial score (nSPS) is 10.2. The zero-order valence-corrected chi connectivity index (χ0v) is 14.7. The van der Waals surface area contributed by atoms with E-state index in [9.17, 15) is 4.79 Å². The molecular formula is C16H15BrClNO3. The van der Waals surface area contributed by atoms with Crippen LogP contribution in [0.15, 0.2) is 34.8 Å². The number of methoxy groups -OCH3 is 2. The molecule has 0 saturated carbocycles. The molecule has 2 aromatic rings. The molecule has 1 amide bonds. The third kappa shape index (κ3) is 3.54. The summed E-state index contributed by atoms with van der Waals surface area (Å²) in [6.45, 7) is 1.95. The Morgan fingerprint density at radius 2 is 1.91 bits per heavy atom. The summed E-state index contributed by atoms with van der Waals surface area (Å²) in [7, 11) is 2.99. The first-order valence-electron chi connectivity index (χ1n) is 6.45. The first kappa shape index (κ1) is 16.6. The number of rotatable bonds is 4. The average Bonchev–Trinajstić information content (AvgIpc) is 2.50. The smallest absolute Gasteiger partial charge is 0.255 e. The van der Waals surface area contributed by atoms with Crippen molar-refractivity contribution in [1.29, 1.82) is 0 Å². The lowest BCUT2D eigenvalue weighted by Gasteiger charge is -2.12. The number of anilines is 1. The molecule has 4 nitrogen and oxygen atoms in total. The number of carbonyl (C=O) groups excluding carboxylic acids is 1. The molecule has 0 saturated heterocycles. The molecule has 0 atom stereocenters. The van der Waals surface area contributed by atoms with Gasteiger partial charge in [-0.3, -0.25) is 4.79 Å². The van der Waals surface area contributed by atoms with Gasteiger partial charge in [0.05, 0.1) is 19.2 Å². The van der Waals surface area contributed by atoms with Gasteiger partial charge in [0.15, 0.2) is 11.5 Å². The van der Waals surface area contributed by atoms with E-state index in [0.717, 1.165) is 10.0 Å². The van der Waals surface area contributed by atoms with Crippen molar-refractivity contribution in [1.82, 2.24) is 0 Å². The van der Waals surface area contributed by atoms with Gasteiger partial charge in [-0.05, 0) is 42.8 Å². The standard InChI is InChI=1S/C16H15BrClNO3/c1-9-6-11(4-5-12(9)17)19-16(20)10-7-13(18)15(22-3)14(8-10)21-2/h4-8H,1-3H3,(H,19,20). The van der Waals surface area contributed by atoms with Crippen LogP contribution in [0.2, 0.25) is 5.02 Å². The lowest BCUT2D eigenvalue weighted by atomic mass is 10.1. The minimum absolute atomic E-state index is 0.274. The summed E-state index contributed by atoms with van der Waals surface area (Å²) < 4.78 is 11.3. The fourth-order valence-electron chi connectivity index (χ4n) is 1.97. The summed E-state index contributed by atoms with van der Waals surface area (Å²) in [5, 5.41) is 3.15. The zero-order chi connectivity index (χ0) is 16.3. The molecule has 0 spiro atoms. The van der Waals surface area contributed by atoms with E-state index in [1.165, 1.54) is 14.2 Å². The summed E-state index contributed by atoms with van der Waals surface area (Å²) in [4.78, 5) is 12.4. The second-order valence-electron chi connectivity index (χ2n) is 4.61. The Bertz CT molecular complexity index is 719. The van der Waals surface area contributed by atoms with E-state index in [1.807, 2.05) is 25.1 Å². The van der Waals surface area contributed by atoms with Crippen LogP contribution in [-0.2, 0) is 0 Å². The van der Waals surface area contributed by atoms with E-state index in [4.69, 9.17) is 21.1 Å². The highest BCUT2D eigenvalue weighted by Crippen LogP contribution is 2.36. The van der Waals surface area contributed by atoms with Crippen molar-refractivity contribution in [2.24, 2.45) is 0 Å².